The van der Waals surface area contributed by atoms with E-state index in [1.165, 1.54) is 18.2 Å². The largest absolute Gasteiger partial charge is 0.390 e. The van der Waals surface area contributed by atoms with Gasteiger partial charge in [0.05, 0.1) is 12.1 Å². The van der Waals surface area contributed by atoms with Gasteiger partial charge in [-0.15, -0.1) is 0 Å². The van der Waals surface area contributed by atoms with E-state index in [2.05, 4.69) is 0 Å². The summed E-state index contributed by atoms with van der Waals surface area (Å²) < 4.78 is 13.2. The van der Waals surface area contributed by atoms with E-state index in [1.807, 2.05) is 0 Å². The quantitative estimate of drug-likeness (QED) is 0.703. The third kappa shape index (κ3) is 2.42. The van der Waals surface area contributed by atoms with E-state index in [0.717, 1.165) is 0 Å². The van der Waals surface area contributed by atoms with Crippen molar-refractivity contribution in [2.24, 2.45) is 11.5 Å². The molecule has 0 amide bonds. The SMILES string of the molecule is NCC(O)C(N)c1cc(Cl)ccc1F. The van der Waals surface area contributed by atoms with E-state index in [-0.39, 0.29) is 12.1 Å². The summed E-state index contributed by atoms with van der Waals surface area (Å²) in [6, 6.07) is 3.17. The number of hydrogen-bond acceptors (Lipinski definition) is 3. The fourth-order valence-corrected chi connectivity index (χ4v) is 1.30. The molecule has 14 heavy (non-hydrogen) atoms. The number of benzene rings is 1. The molecule has 0 fully saturated rings. The molecule has 5 N–H and O–H groups in total. The molecule has 78 valence electrons. The van der Waals surface area contributed by atoms with Gasteiger partial charge in [0.25, 0.3) is 0 Å². The highest BCUT2D eigenvalue weighted by molar-refractivity contribution is 6.30. The predicted octanol–water partition coefficient (Wildman–Crippen LogP) is 0.799. The van der Waals surface area contributed by atoms with Gasteiger partial charge in [-0.2, -0.15) is 0 Å². The summed E-state index contributed by atoms with van der Waals surface area (Å²) >= 11 is 5.67. The maximum atomic E-state index is 13.2. The van der Waals surface area contributed by atoms with Crippen molar-refractivity contribution in [3.8, 4) is 0 Å². The summed E-state index contributed by atoms with van der Waals surface area (Å²) in [5.41, 5.74) is 11.0. The van der Waals surface area contributed by atoms with Crippen LogP contribution in [0.3, 0.4) is 0 Å². The second-order valence-electron chi connectivity index (χ2n) is 2.99. The molecule has 0 aliphatic heterocycles. The monoisotopic (exact) mass is 218 g/mol. The van der Waals surface area contributed by atoms with Crippen molar-refractivity contribution in [2.45, 2.75) is 12.1 Å². The van der Waals surface area contributed by atoms with E-state index in [4.69, 9.17) is 23.1 Å². The first kappa shape index (κ1) is 11.4. The minimum Gasteiger partial charge on any atom is -0.390 e. The van der Waals surface area contributed by atoms with Gasteiger partial charge in [0.15, 0.2) is 0 Å². The lowest BCUT2D eigenvalue weighted by atomic mass is 10.0. The molecule has 0 heterocycles. The van der Waals surface area contributed by atoms with Crippen molar-refractivity contribution in [3.05, 3.63) is 34.6 Å². The Kier molecular flexibility index (Phi) is 3.83. The first-order chi connectivity index (χ1) is 6.56. The molecule has 0 spiro atoms. The number of aliphatic hydroxyl groups excluding tert-OH is 1. The van der Waals surface area contributed by atoms with E-state index < -0.39 is 18.0 Å². The molecule has 0 aliphatic carbocycles. The maximum absolute atomic E-state index is 13.2. The zero-order valence-electron chi connectivity index (χ0n) is 7.45. The number of halogens is 2. The van der Waals surface area contributed by atoms with Crippen LogP contribution in [0.5, 0.6) is 0 Å². The lowest BCUT2D eigenvalue weighted by Crippen LogP contribution is -2.33. The lowest BCUT2D eigenvalue weighted by molar-refractivity contribution is 0.151. The molecule has 1 aromatic rings. The van der Waals surface area contributed by atoms with Gasteiger partial charge >= 0.3 is 0 Å². The molecule has 1 aromatic carbocycles. The Hall–Kier alpha value is -0.680. The summed E-state index contributed by atoms with van der Waals surface area (Å²) in [6.45, 7) is -0.0207. The fourth-order valence-electron chi connectivity index (χ4n) is 1.12. The maximum Gasteiger partial charge on any atom is 0.128 e. The van der Waals surface area contributed by atoms with E-state index in [1.54, 1.807) is 0 Å². The van der Waals surface area contributed by atoms with Crippen LogP contribution in [0.2, 0.25) is 5.02 Å². The van der Waals surface area contributed by atoms with Gasteiger partial charge in [-0.1, -0.05) is 11.6 Å². The predicted molar refractivity (Wildman–Crippen MR) is 53.4 cm³/mol. The molecule has 0 aromatic heterocycles. The molecule has 1 rings (SSSR count). The minimum atomic E-state index is -0.969. The van der Waals surface area contributed by atoms with Crippen molar-refractivity contribution >= 4 is 11.6 Å². The standard InChI is InChI=1S/C9H12ClFN2O/c10-5-1-2-7(11)6(3-5)9(13)8(14)4-12/h1-3,8-9,14H,4,12-13H2. The molecule has 0 aliphatic rings. The van der Waals surface area contributed by atoms with Gasteiger partial charge in [-0.25, -0.2) is 4.39 Å². The average molecular weight is 219 g/mol. The molecule has 0 radical (unpaired) electrons. The summed E-state index contributed by atoms with van der Waals surface area (Å²) in [7, 11) is 0. The van der Waals surface area contributed by atoms with Crippen molar-refractivity contribution in [1.29, 1.82) is 0 Å². The summed E-state index contributed by atoms with van der Waals surface area (Å²) in [5.74, 6) is -0.491. The Bertz CT molecular complexity index is 322. The second kappa shape index (κ2) is 4.70. The number of rotatable bonds is 3. The van der Waals surface area contributed by atoms with Crippen LogP contribution in [0.15, 0.2) is 18.2 Å². The first-order valence-corrected chi connectivity index (χ1v) is 4.52. The van der Waals surface area contributed by atoms with Gasteiger partial charge in [0, 0.05) is 17.1 Å². The van der Waals surface area contributed by atoms with Crippen LogP contribution >= 0.6 is 11.6 Å². The second-order valence-corrected chi connectivity index (χ2v) is 3.43. The topological polar surface area (TPSA) is 72.3 Å². The van der Waals surface area contributed by atoms with Crippen LogP contribution in [0.25, 0.3) is 0 Å². The van der Waals surface area contributed by atoms with E-state index in [0.29, 0.717) is 5.02 Å². The van der Waals surface area contributed by atoms with Crippen molar-refractivity contribution in [2.75, 3.05) is 6.54 Å². The van der Waals surface area contributed by atoms with Crippen molar-refractivity contribution in [3.63, 3.8) is 0 Å². The summed E-state index contributed by atoms with van der Waals surface area (Å²) in [5, 5.41) is 9.71. The van der Waals surface area contributed by atoms with Crippen LogP contribution in [0.1, 0.15) is 11.6 Å². The molecule has 2 atom stereocenters. The van der Waals surface area contributed by atoms with Gasteiger partial charge in [-0.3, -0.25) is 0 Å². The van der Waals surface area contributed by atoms with Crippen LogP contribution < -0.4 is 11.5 Å². The van der Waals surface area contributed by atoms with Crippen LogP contribution in [-0.4, -0.2) is 17.8 Å². The molecule has 2 unspecified atom stereocenters. The smallest absolute Gasteiger partial charge is 0.128 e. The highest BCUT2D eigenvalue weighted by atomic mass is 35.5. The first-order valence-electron chi connectivity index (χ1n) is 4.15. The summed E-state index contributed by atoms with van der Waals surface area (Å²) in [4.78, 5) is 0. The molecular weight excluding hydrogens is 207 g/mol. The normalized spacial score (nSPS) is 15.2. The molecular formula is C9H12ClFN2O. The van der Waals surface area contributed by atoms with Gasteiger partial charge < -0.3 is 16.6 Å². The molecule has 0 bridgehead atoms. The number of nitrogens with two attached hydrogens (primary N) is 2. The third-order valence-corrected chi connectivity index (χ3v) is 2.21. The van der Waals surface area contributed by atoms with E-state index in [9.17, 15) is 9.50 Å². The zero-order chi connectivity index (χ0) is 10.7. The lowest BCUT2D eigenvalue weighted by Gasteiger charge is -2.18. The van der Waals surface area contributed by atoms with Crippen molar-refractivity contribution in [1.82, 2.24) is 0 Å². The van der Waals surface area contributed by atoms with Crippen LogP contribution in [0.4, 0.5) is 4.39 Å². The Morgan fingerprint density at radius 1 is 1.50 bits per heavy atom. The number of hydrogen-bond donors (Lipinski definition) is 3. The Morgan fingerprint density at radius 2 is 2.14 bits per heavy atom. The van der Waals surface area contributed by atoms with Gasteiger partial charge in [0.1, 0.15) is 5.82 Å². The van der Waals surface area contributed by atoms with Gasteiger partial charge in [0.2, 0.25) is 0 Å². The third-order valence-electron chi connectivity index (χ3n) is 1.97. The highest BCUT2D eigenvalue weighted by Gasteiger charge is 2.18. The van der Waals surface area contributed by atoms with Gasteiger partial charge in [-0.05, 0) is 18.2 Å². The Morgan fingerprint density at radius 3 is 2.71 bits per heavy atom. The van der Waals surface area contributed by atoms with Crippen molar-refractivity contribution < 1.29 is 9.50 Å². The fraction of sp³-hybridized carbons (Fsp3) is 0.333. The average Bonchev–Trinajstić information content (AvgIpc) is 2.19. The Labute approximate surface area is 86.5 Å². The molecule has 0 saturated heterocycles. The van der Waals surface area contributed by atoms with Crippen LogP contribution in [0, 0.1) is 5.82 Å². The molecule has 5 heteroatoms. The van der Waals surface area contributed by atoms with Crippen LogP contribution in [-0.2, 0) is 0 Å². The summed E-state index contributed by atoms with van der Waals surface area (Å²) in [6.07, 6.45) is -0.969. The highest BCUT2D eigenvalue weighted by Crippen LogP contribution is 2.21. The van der Waals surface area contributed by atoms with E-state index >= 15 is 0 Å². The molecule has 3 nitrogen and oxygen atoms in total. The molecule has 0 saturated carbocycles. The Balaban J connectivity index is 2.99. The zero-order valence-corrected chi connectivity index (χ0v) is 8.21. The number of aliphatic hydroxyl groups is 1. The minimum absolute atomic E-state index is 0.0207.